The number of nitriles is 1. The molecule has 18 heavy (non-hydrogen) atoms. The summed E-state index contributed by atoms with van der Waals surface area (Å²) in [4.78, 5) is 21.3. The molecule has 2 atom stereocenters. The molecular weight excluding hydrogens is 295 g/mol. The van der Waals surface area contributed by atoms with Crippen molar-refractivity contribution in [3.63, 3.8) is 0 Å². The van der Waals surface area contributed by atoms with Crippen LogP contribution in [0.4, 0.5) is 0 Å². The van der Waals surface area contributed by atoms with Crippen molar-refractivity contribution in [3.8, 4) is 6.07 Å². The lowest BCUT2D eigenvalue weighted by Gasteiger charge is -2.22. The van der Waals surface area contributed by atoms with Crippen LogP contribution in [0.3, 0.4) is 0 Å². The molecule has 0 saturated heterocycles. The Hall–Kier alpha value is -0.160. The molecule has 0 aromatic carbocycles. The van der Waals surface area contributed by atoms with Crippen LogP contribution in [-0.2, 0) is 25.9 Å². The fourth-order valence-corrected chi connectivity index (χ4v) is 3.18. The summed E-state index contributed by atoms with van der Waals surface area (Å²) in [5.41, 5.74) is 0. The average molecular weight is 312 g/mol. The van der Waals surface area contributed by atoms with Crippen molar-refractivity contribution in [2.24, 2.45) is 0 Å². The Labute approximate surface area is 116 Å². The molecule has 0 aliphatic carbocycles. The number of thioether (sulfide) groups is 1. The number of carbonyl (C=O) groups excluding carboxylic acids is 1. The molecule has 104 valence electrons. The van der Waals surface area contributed by atoms with Crippen LogP contribution in [0.2, 0.25) is 0 Å². The molecule has 9 heteroatoms. The fraction of sp³-hybridized carbons (Fsp3) is 0.778. The van der Waals surface area contributed by atoms with E-state index < -0.39 is 18.7 Å². The van der Waals surface area contributed by atoms with Gasteiger partial charge in [0.15, 0.2) is 0 Å². The lowest BCUT2D eigenvalue weighted by Crippen LogP contribution is -2.36. The quantitative estimate of drug-likeness (QED) is 0.370. The predicted octanol–water partition coefficient (Wildman–Crippen LogP) is 1.02. The van der Waals surface area contributed by atoms with E-state index >= 15 is 0 Å². The highest BCUT2D eigenvalue weighted by Gasteiger charge is 2.25. The van der Waals surface area contributed by atoms with Crippen molar-refractivity contribution in [2.75, 3.05) is 25.7 Å². The Morgan fingerprint density at radius 3 is 2.89 bits per heavy atom. The molecule has 0 fully saturated rings. The fourth-order valence-electron chi connectivity index (χ4n) is 1.06. The Morgan fingerprint density at radius 1 is 1.72 bits per heavy atom. The zero-order chi connectivity index (χ0) is 14.0. The minimum Gasteiger partial charge on any atom is -0.468 e. The highest BCUT2D eigenvalue weighted by atomic mass is 32.5. The third kappa shape index (κ3) is 8.03. The predicted molar refractivity (Wildman–Crippen MR) is 74.6 cm³/mol. The molecule has 0 spiro atoms. The topological polar surface area (TPSA) is 91.6 Å². The summed E-state index contributed by atoms with van der Waals surface area (Å²) in [5.74, 6) is 0.233. The van der Waals surface area contributed by atoms with Gasteiger partial charge in [-0.25, -0.2) is 5.09 Å². The summed E-state index contributed by atoms with van der Waals surface area (Å²) in [6, 6.07) is 1.18. The zero-order valence-electron chi connectivity index (χ0n) is 10.3. The average Bonchev–Trinajstić information content (AvgIpc) is 2.33. The molecule has 0 heterocycles. The zero-order valence-corrected chi connectivity index (χ0v) is 12.8. The van der Waals surface area contributed by atoms with Crippen LogP contribution >= 0.6 is 18.4 Å². The smallest absolute Gasteiger partial charge is 0.323 e. The number of hydrogen-bond acceptors (Lipinski definition) is 6. The Bertz CT molecular complexity index is 348. The van der Waals surface area contributed by atoms with Gasteiger partial charge in [-0.1, -0.05) is 0 Å². The van der Waals surface area contributed by atoms with Gasteiger partial charge in [0.2, 0.25) is 0 Å². The first-order chi connectivity index (χ1) is 8.46. The minimum absolute atomic E-state index is 0.0354. The normalized spacial score (nSPS) is 15.4. The number of hydrogen-bond donors (Lipinski definition) is 2. The summed E-state index contributed by atoms with van der Waals surface area (Å²) in [6.07, 6.45) is 2.52. The summed E-state index contributed by atoms with van der Waals surface area (Å²) in [7, 11) is 1.27. The van der Waals surface area contributed by atoms with Gasteiger partial charge in [-0.15, -0.1) is 0 Å². The molecule has 0 aromatic heterocycles. The van der Waals surface area contributed by atoms with Gasteiger partial charge in [0.05, 0.1) is 26.2 Å². The first-order valence-electron chi connectivity index (χ1n) is 5.15. The van der Waals surface area contributed by atoms with Gasteiger partial charge < -0.3 is 14.2 Å². The van der Waals surface area contributed by atoms with E-state index in [9.17, 15) is 9.69 Å². The third-order valence-corrected chi connectivity index (χ3v) is 4.34. The second-order valence-corrected chi connectivity index (χ2v) is 7.28. The number of ether oxygens (including phenoxy) is 1. The monoisotopic (exact) mass is 312 g/mol. The highest BCUT2D eigenvalue weighted by Crippen LogP contribution is 2.38. The first-order valence-corrected chi connectivity index (χ1v) is 9.22. The van der Waals surface area contributed by atoms with Crippen LogP contribution in [0.1, 0.15) is 12.8 Å². The van der Waals surface area contributed by atoms with Crippen molar-refractivity contribution in [1.82, 2.24) is 5.09 Å². The van der Waals surface area contributed by atoms with E-state index in [2.05, 4.69) is 9.82 Å². The summed E-state index contributed by atoms with van der Waals surface area (Å²) < 4.78 is 9.63. The van der Waals surface area contributed by atoms with Gasteiger partial charge in [-0.2, -0.15) is 17.0 Å². The van der Waals surface area contributed by atoms with Gasteiger partial charge in [-0.3, -0.25) is 4.79 Å². The Balaban J connectivity index is 4.40. The Morgan fingerprint density at radius 2 is 2.39 bits per heavy atom. The van der Waals surface area contributed by atoms with Crippen molar-refractivity contribution in [3.05, 3.63) is 0 Å². The number of nitrogens with zero attached hydrogens (tertiary/aromatic N) is 1. The van der Waals surface area contributed by atoms with Crippen LogP contribution < -0.4 is 5.09 Å². The van der Waals surface area contributed by atoms with E-state index in [4.69, 9.17) is 21.6 Å². The number of nitrogens with one attached hydrogen (secondary N) is 1. The maximum atomic E-state index is 11.5. The standard InChI is InChI=1S/C9H17N2O4PS2/c1-14-9(12)8(4-7-18-2)11-16(13,17)15-6-3-5-10/h8H,3-4,6-7H2,1-2H3,(H2,11,13,17). The van der Waals surface area contributed by atoms with Crippen molar-refractivity contribution >= 4 is 36.2 Å². The molecule has 6 nitrogen and oxygen atoms in total. The lowest BCUT2D eigenvalue weighted by molar-refractivity contribution is -0.142. The van der Waals surface area contributed by atoms with E-state index in [0.717, 1.165) is 5.75 Å². The molecule has 0 aliphatic heterocycles. The van der Waals surface area contributed by atoms with Crippen LogP contribution in [-0.4, -0.2) is 42.6 Å². The van der Waals surface area contributed by atoms with Gasteiger partial charge in [-0.05, 0) is 30.2 Å². The lowest BCUT2D eigenvalue weighted by atomic mass is 10.2. The molecule has 0 bridgehead atoms. The SMILES string of the molecule is COC(=O)C(CCSC)NP(O)(=S)OCCC#N. The molecular formula is C9H17N2O4PS2. The number of methoxy groups -OCH3 is 1. The van der Waals surface area contributed by atoms with E-state index in [0.29, 0.717) is 6.42 Å². The molecule has 0 amide bonds. The summed E-state index contributed by atoms with van der Waals surface area (Å²) in [6.45, 7) is -3.23. The summed E-state index contributed by atoms with van der Waals surface area (Å²) in [5, 5.41) is 11.0. The molecule has 0 saturated carbocycles. The second kappa shape index (κ2) is 9.73. The highest BCUT2D eigenvalue weighted by molar-refractivity contribution is 8.08. The van der Waals surface area contributed by atoms with E-state index in [1.54, 1.807) is 11.8 Å². The molecule has 0 aliphatic rings. The van der Waals surface area contributed by atoms with Crippen LogP contribution in [0.15, 0.2) is 0 Å². The van der Waals surface area contributed by atoms with E-state index in [1.165, 1.54) is 7.11 Å². The number of carbonyl (C=O) groups is 1. The second-order valence-electron chi connectivity index (χ2n) is 3.25. The van der Waals surface area contributed by atoms with E-state index in [-0.39, 0.29) is 13.0 Å². The largest absolute Gasteiger partial charge is 0.468 e. The van der Waals surface area contributed by atoms with Gasteiger partial charge in [0.1, 0.15) is 6.04 Å². The Kier molecular flexibility index (Phi) is 9.64. The van der Waals surface area contributed by atoms with Gasteiger partial charge in [0.25, 0.3) is 6.64 Å². The van der Waals surface area contributed by atoms with Crippen LogP contribution in [0.25, 0.3) is 0 Å². The van der Waals surface area contributed by atoms with Crippen LogP contribution in [0, 0.1) is 11.3 Å². The first kappa shape index (κ1) is 17.8. The molecule has 2 unspecified atom stereocenters. The minimum atomic E-state index is -3.26. The molecule has 0 aromatic rings. The van der Waals surface area contributed by atoms with Crippen molar-refractivity contribution in [1.29, 1.82) is 5.26 Å². The van der Waals surface area contributed by atoms with E-state index in [1.807, 2.05) is 12.3 Å². The van der Waals surface area contributed by atoms with Gasteiger partial charge >= 0.3 is 5.97 Å². The molecule has 2 N–H and O–H groups in total. The molecule has 0 rings (SSSR count). The number of rotatable bonds is 9. The van der Waals surface area contributed by atoms with Crippen molar-refractivity contribution in [2.45, 2.75) is 18.9 Å². The maximum absolute atomic E-state index is 11.5. The third-order valence-electron chi connectivity index (χ3n) is 1.90. The van der Waals surface area contributed by atoms with Crippen LogP contribution in [0.5, 0.6) is 0 Å². The summed E-state index contributed by atoms with van der Waals surface area (Å²) >= 11 is 6.43. The van der Waals surface area contributed by atoms with Gasteiger partial charge in [0, 0.05) is 0 Å². The van der Waals surface area contributed by atoms with Crippen molar-refractivity contribution < 1.29 is 18.9 Å². The number of esters is 1. The maximum Gasteiger partial charge on any atom is 0.323 e. The molecule has 0 radical (unpaired) electrons.